The molecule has 0 aliphatic carbocycles. The average molecular weight is 459 g/mol. The van der Waals surface area contributed by atoms with Gasteiger partial charge in [0.05, 0.1) is 16.4 Å². The summed E-state index contributed by atoms with van der Waals surface area (Å²) < 4.78 is 8.84. The van der Waals surface area contributed by atoms with Crippen molar-refractivity contribution in [3.8, 4) is 23.1 Å². The minimum atomic E-state index is -0.709. The van der Waals surface area contributed by atoms with E-state index in [9.17, 15) is 14.9 Å². The van der Waals surface area contributed by atoms with Crippen LogP contribution in [0.4, 0.5) is 5.69 Å². The fourth-order valence-corrected chi connectivity index (χ4v) is 3.65. The van der Waals surface area contributed by atoms with Crippen LogP contribution in [-0.4, -0.2) is 15.3 Å². The van der Waals surface area contributed by atoms with Gasteiger partial charge in [0.2, 0.25) is 0 Å². The van der Waals surface area contributed by atoms with E-state index in [0.29, 0.717) is 33.5 Å². The minimum absolute atomic E-state index is 0.101. The van der Waals surface area contributed by atoms with Crippen LogP contribution in [0.5, 0.6) is 0 Å². The molecule has 0 bridgehead atoms. The fourth-order valence-electron chi connectivity index (χ4n) is 3.42. The lowest BCUT2D eigenvalue weighted by Crippen LogP contribution is -2.23. The molecule has 4 rings (SSSR count). The number of nitriles is 1. The third kappa shape index (κ3) is 4.25. The molecular formula is C25H19ClN4O3. The molecule has 4 aromatic rings. The van der Waals surface area contributed by atoms with Gasteiger partial charge < -0.3 is 9.73 Å². The number of rotatable bonds is 5. The first-order valence-electron chi connectivity index (χ1n) is 10.0. The topological polar surface area (TPSA) is 93.0 Å². The van der Waals surface area contributed by atoms with Gasteiger partial charge in [0.25, 0.3) is 11.5 Å². The maximum absolute atomic E-state index is 13.0. The minimum Gasteiger partial charge on any atom is -0.457 e. The summed E-state index contributed by atoms with van der Waals surface area (Å²) in [6.07, 6.45) is 1.32. The lowest BCUT2D eigenvalue weighted by Gasteiger charge is -2.07. The van der Waals surface area contributed by atoms with E-state index in [1.54, 1.807) is 49.0 Å². The number of aromatic nitrogens is 2. The van der Waals surface area contributed by atoms with Gasteiger partial charge in [0.1, 0.15) is 28.9 Å². The molecule has 1 amide bonds. The van der Waals surface area contributed by atoms with Crippen LogP contribution < -0.4 is 10.9 Å². The van der Waals surface area contributed by atoms with Gasteiger partial charge in [-0.25, -0.2) is 4.68 Å². The molecule has 0 saturated carbocycles. The van der Waals surface area contributed by atoms with Crippen molar-refractivity contribution in [3.05, 3.63) is 99.1 Å². The summed E-state index contributed by atoms with van der Waals surface area (Å²) in [4.78, 5) is 25.8. The largest absolute Gasteiger partial charge is 0.457 e. The summed E-state index contributed by atoms with van der Waals surface area (Å²) in [7, 11) is 1.72. The molecule has 0 atom stereocenters. The first kappa shape index (κ1) is 21.9. The summed E-state index contributed by atoms with van der Waals surface area (Å²) in [5.41, 5.74) is 1.41. The lowest BCUT2D eigenvalue weighted by molar-refractivity contribution is -0.112. The van der Waals surface area contributed by atoms with Crippen molar-refractivity contribution in [3.63, 3.8) is 0 Å². The molecule has 164 valence electrons. The van der Waals surface area contributed by atoms with E-state index in [1.807, 2.05) is 42.5 Å². The Balaban J connectivity index is 1.63. The second-order valence-electron chi connectivity index (χ2n) is 7.24. The molecule has 0 aliphatic rings. The van der Waals surface area contributed by atoms with Gasteiger partial charge in [-0.2, -0.15) is 5.26 Å². The number of nitrogens with one attached hydrogen (secondary N) is 1. The molecule has 2 aromatic heterocycles. The number of halogens is 1. The van der Waals surface area contributed by atoms with E-state index < -0.39 is 11.5 Å². The van der Waals surface area contributed by atoms with Crippen LogP contribution in [0.25, 0.3) is 23.1 Å². The Kier molecular flexibility index (Phi) is 6.03. The first-order chi connectivity index (χ1) is 15.9. The quantitative estimate of drug-likeness (QED) is 0.338. The van der Waals surface area contributed by atoms with E-state index >= 15 is 0 Å². The van der Waals surface area contributed by atoms with E-state index in [0.717, 1.165) is 0 Å². The Morgan fingerprint density at radius 3 is 2.48 bits per heavy atom. The molecule has 8 heteroatoms. The molecule has 0 spiro atoms. The van der Waals surface area contributed by atoms with Crippen LogP contribution in [0.1, 0.15) is 11.5 Å². The summed E-state index contributed by atoms with van der Waals surface area (Å²) in [6.45, 7) is 1.72. The van der Waals surface area contributed by atoms with Crippen LogP contribution in [0.15, 0.2) is 81.5 Å². The number of para-hydroxylation sites is 1. The zero-order valence-corrected chi connectivity index (χ0v) is 18.6. The molecule has 0 saturated heterocycles. The number of benzene rings is 2. The van der Waals surface area contributed by atoms with Crippen molar-refractivity contribution in [1.29, 1.82) is 5.26 Å². The van der Waals surface area contributed by atoms with Gasteiger partial charge in [0.15, 0.2) is 0 Å². The highest BCUT2D eigenvalue weighted by Gasteiger charge is 2.20. The third-order valence-electron chi connectivity index (χ3n) is 5.21. The van der Waals surface area contributed by atoms with Gasteiger partial charge in [-0.05, 0) is 43.3 Å². The SMILES string of the molecule is Cc1c(NC(=O)C(C#N)=Cc2ccc(-c3ccccc3Cl)o2)c(=O)n(-c2ccccc2)n1C. The molecule has 7 nitrogen and oxygen atoms in total. The highest BCUT2D eigenvalue weighted by Crippen LogP contribution is 2.29. The molecule has 0 radical (unpaired) electrons. The summed E-state index contributed by atoms with van der Waals surface area (Å²) in [5, 5.41) is 12.7. The predicted octanol–water partition coefficient (Wildman–Crippen LogP) is 4.94. The summed E-state index contributed by atoms with van der Waals surface area (Å²) >= 11 is 6.20. The van der Waals surface area contributed by atoms with Crippen molar-refractivity contribution in [2.75, 3.05) is 5.32 Å². The van der Waals surface area contributed by atoms with Gasteiger partial charge in [0, 0.05) is 18.7 Å². The molecule has 0 aliphatic heterocycles. The Bertz CT molecular complexity index is 1470. The number of hydrogen-bond acceptors (Lipinski definition) is 4. The molecule has 1 N–H and O–H groups in total. The third-order valence-corrected chi connectivity index (χ3v) is 5.54. The smallest absolute Gasteiger partial charge is 0.295 e. The number of amides is 1. The lowest BCUT2D eigenvalue weighted by atomic mass is 10.2. The monoisotopic (exact) mass is 458 g/mol. The molecule has 2 heterocycles. The summed E-state index contributed by atoms with van der Waals surface area (Å²) in [6, 6.07) is 21.5. The van der Waals surface area contributed by atoms with Gasteiger partial charge in [-0.3, -0.25) is 14.3 Å². The van der Waals surface area contributed by atoms with E-state index in [-0.39, 0.29) is 11.3 Å². The van der Waals surface area contributed by atoms with Crippen LogP contribution in [-0.2, 0) is 11.8 Å². The highest BCUT2D eigenvalue weighted by molar-refractivity contribution is 6.33. The highest BCUT2D eigenvalue weighted by atomic mass is 35.5. The second-order valence-corrected chi connectivity index (χ2v) is 7.65. The normalized spacial score (nSPS) is 11.3. The number of anilines is 1. The Morgan fingerprint density at radius 1 is 1.09 bits per heavy atom. The average Bonchev–Trinajstić information content (AvgIpc) is 3.37. The van der Waals surface area contributed by atoms with Gasteiger partial charge in [-0.15, -0.1) is 0 Å². The number of furan rings is 1. The molecular weight excluding hydrogens is 440 g/mol. The fraction of sp³-hybridized carbons (Fsp3) is 0.0800. The zero-order chi connectivity index (χ0) is 23.5. The van der Waals surface area contributed by atoms with Crippen molar-refractivity contribution in [1.82, 2.24) is 9.36 Å². The van der Waals surface area contributed by atoms with E-state index in [2.05, 4.69) is 5.32 Å². The Labute approximate surface area is 194 Å². The van der Waals surface area contributed by atoms with Gasteiger partial charge in [-0.1, -0.05) is 41.9 Å². The number of carbonyl (C=O) groups excluding carboxylic acids is 1. The first-order valence-corrected chi connectivity index (χ1v) is 10.4. The van der Waals surface area contributed by atoms with Crippen molar-refractivity contribution in [2.24, 2.45) is 7.05 Å². The van der Waals surface area contributed by atoms with Gasteiger partial charge >= 0.3 is 0 Å². The van der Waals surface area contributed by atoms with Crippen molar-refractivity contribution >= 4 is 29.3 Å². The molecule has 0 unspecified atom stereocenters. The maximum Gasteiger partial charge on any atom is 0.295 e. The molecule has 0 fully saturated rings. The number of carbonyl (C=O) groups is 1. The number of hydrogen-bond donors (Lipinski definition) is 1. The number of nitrogens with zero attached hydrogens (tertiary/aromatic N) is 3. The van der Waals surface area contributed by atoms with Crippen LogP contribution in [0, 0.1) is 18.3 Å². The van der Waals surface area contributed by atoms with Crippen LogP contribution >= 0.6 is 11.6 Å². The van der Waals surface area contributed by atoms with E-state index in [1.165, 1.54) is 10.8 Å². The predicted molar refractivity (Wildman–Crippen MR) is 127 cm³/mol. The Morgan fingerprint density at radius 2 is 1.79 bits per heavy atom. The van der Waals surface area contributed by atoms with Crippen LogP contribution in [0.2, 0.25) is 5.02 Å². The molecule has 33 heavy (non-hydrogen) atoms. The van der Waals surface area contributed by atoms with Crippen molar-refractivity contribution in [2.45, 2.75) is 6.92 Å². The molecule has 2 aromatic carbocycles. The zero-order valence-electron chi connectivity index (χ0n) is 17.9. The summed E-state index contributed by atoms with van der Waals surface area (Å²) in [5.74, 6) is 0.108. The van der Waals surface area contributed by atoms with E-state index in [4.69, 9.17) is 16.0 Å². The second kappa shape index (κ2) is 9.07. The maximum atomic E-state index is 13.0. The van der Waals surface area contributed by atoms with Crippen molar-refractivity contribution < 1.29 is 9.21 Å². The standard InChI is InChI=1S/C25H19ClN4O3/c1-16-23(25(32)30(29(16)2)18-8-4-3-5-9-18)28-24(31)17(15-27)14-19-12-13-22(33-19)20-10-6-7-11-21(20)26/h3-14H,1-2H3,(H,28,31). The Hall–Kier alpha value is -4.28. The van der Waals surface area contributed by atoms with Crippen LogP contribution in [0.3, 0.4) is 0 Å².